The summed E-state index contributed by atoms with van der Waals surface area (Å²) in [6, 6.07) is 21.6. The number of rotatable bonds is 3. The number of nitrogens with one attached hydrogen (secondary N) is 1. The molecule has 0 aliphatic carbocycles. The quantitative estimate of drug-likeness (QED) is 0.396. The van der Waals surface area contributed by atoms with Gasteiger partial charge in [-0.05, 0) is 39.9 Å². The van der Waals surface area contributed by atoms with Gasteiger partial charge in [0.05, 0.1) is 16.8 Å². The molecule has 2 heterocycles. The summed E-state index contributed by atoms with van der Waals surface area (Å²) in [5.74, 6) is -0.0312. The maximum Gasteiger partial charge on any atom is 0.325 e. The highest BCUT2D eigenvalue weighted by Gasteiger charge is 2.45. The normalized spacial score (nSPS) is 14.9. The summed E-state index contributed by atoms with van der Waals surface area (Å²) in [6.07, 6.45) is 1.63. The van der Waals surface area contributed by atoms with Gasteiger partial charge in [0.25, 0.3) is 6.17 Å². The minimum absolute atomic E-state index is 0.0312. The second-order valence-corrected chi connectivity index (χ2v) is 8.13. The molecule has 4 aromatic rings. The summed E-state index contributed by atoms with van der Waals surface area (Å²) >= 11 is 1.36. The number of thioether (sulfide) groups is 1. The topological polar surface area (TPSA) is 69.9 Å². The minimum atomic E-state index is -0.573. The molecule has 1 unspecified atom stereocenters. The number of aromatic nitrogens is 3. The molecule has 0 saturated heterocycles. The molecule has 0 radical (unpaired) electrons. The van der Waals surface area contributed by atoms with Gasteiger partial charge in [-0.25, -0.2) is 4.90 Å². The SMILES string of the molecule is CCC(=O)N1c2ccccc2-c2c(=O)[nH]c(SC)n[n+]2C1c1cccc2ccccc12. The van der Waals surface area contributed by atoms with Crippen LogP contribution in [0.4, 0.5) is 5.69 Å². The Bertz CT molecular complexity index is 1380. The van der Waals surface area contributed by atoms with Gasteiger partial charge in [0.15, 0.2) is 0 Å². The lowest BCUT2D eigenvalue weighted by atomic mass is 9.97. The lowest BCUT2D eigenvalue weighted by Crippen LogP contribution is -2.60. The van der Waals surface area contributed by atoms with Gasteiger partial charge in [-0.1, -0.05) is 67.2 Å². The van der Waals surface area contributed by atoms with E-state index in [0.29, 0.717) is 22.8 Å². The molecule has 3 aromatic carbocycles. The Kier molecular flexibility index (Phi) is 4.82. The number of hydrogen-bond acceptors (Lipinski definition) is 4. The van der Waals surface area contributed by atoms with E-state index in [4.69, 9.17) is 5.10 Å². The number of carbonyl (C=O) groups is 1. The van der Waals surface area contributed by atoms with Crippen LogP contribution in [-0.2, 0) is 4.79 Å². The van der Waals surface area contributed by atoms with E-state index in [9.17, 15) is 9.59 Å². The number of nitrogens with zero attached hydrogens (tertiary/aromatic N) is 3. The van der Waals surface area contributed by atoms with Crippen molar-refractivity contribution in [1.29, 1.82) is 0 Å². The highest BCUT2D eigenvalue weighted by molar-refractivity contribution is 7.98. The van der Waals surface area contributed by atoms with E-state index >= 15 is 0 Å². The van der Waals surface area contributed by atoms with E-state index < -0.39 is 6.17 Å². The standard InChI is InChI=1S/C24H20N4O2S/c1-3-20(29)27-19-14-7-6-12-18(19)21-22(30)25-24(31-2)26-28(21)23(27)17-13-8-10-15-9-4-5-11-16(15)17/h4-14,23H,3H2,1-2H3/p+1. The Morgan fingerprint density at radius 2 is 1.84 bits per heavy atom. The monoisotopic (exact) mass is 429 g/mol. The van der Waals surface area contributed by atoms with Crippen molar-refractivity contribution in [1.82, 2.24) is 10.1 Å². The van der Waals surface area contributed by atoms with E-state index in [1.807, 2.05) is 79.9 Å². The molecule has 7 heteroatoms. The summed E-state index contributed by atoms with van der Waals surface area (Å²) in [4.78, 5) is 31.1. The largest absolute Gasteiger partial charge is 0.325 e. The first-order valence-corrected chi connectivity index (χ1v) is 11.4. The van der Waals surface area contributed by atoms with E-state index in [-0.39, 0.29) is 11.5 Å². The van der Waals surface area contributed by atoms with Crippen molar-refractivity contribution < 1.29 is 9.48 Å². The third-order valence-electron chi connectivity index (χ3n) is 5.62. The molecule has 1 amide bonds. The van der Waals surface area contributed by atoms with Crippen molar-refractivity contribution in [2.75, 3.05) is 11.2 Å². The number of fused-ring (bicyclic) bond motifs is 4. The van der Waals surface area contributed by atoms with Gasteiger partial charge in [-0.15, -0.1) is 0 Å². The molecule has 1 aliphatic heterocycles. The number of anilines is 1. The average Bonchev–Trinajstić information content (AvgIpc) is 2.82. The van der Waals surface area contributed by atoms with Crippen LogP contribution < -0.4 is 15.1 Å². The number of H-pyrrole nitrogens is 1. The van der Waals surface area contributed by atoms with Crippen LogP contribution in [0.5, 0.6) is 0 Å². The van der Waals surface area contributed by atoms with Gasteiger partial charge in [0, 0.05) is 11.5 Å². The van der Waals surface area contributed by atoms with Crippen molar-refractivity contribution >= 4 is 34.1 Å². The fraction of sp³-hybridized carbons (Fsp3) is 0.167. The van der Waals surface area contributed by atoms with E-state index in [2.05, 4.69) is 4.98 Å². The predicted molar refractivity (Wildman–Crippen MR) is 122 cm³/mol. The Hall–Kier alpha value is -3.45. The smallest absolute Gasteiger partial charge is 0.291 e. The minimum Gasteiger partial charge on any atom is -0.291 e. The van der Waals surface area contributed by atoms with Crippen molar-refractivity contribution in [3.8, 4) is 11.3 Å². The summed E-state index contributed by atoms with van der Waals surface area (Å²) in [5.41, 5.74) is 2.57. The molecule has 1 aliphatic rings. The van der Waals surface area contributed by atoms with Crippen LogP contribution >= 0.6 is 11.8 Å². The molecule has 0 fully saturated rings. The summed E-state index contributed by atoms with van der Waals surface area (Å²) in [7, 11) is 0. The van der Waals surface area contributed by atoms with Crippen LogP contribution in [0, 0.1) is 0 Å². The van der Waals surface area contributed by atoms with Gasteiger partial charge >= 0.3 is 11.3 Å². The van der Waals surface area contributed by atoms with Gasteiger partial charge in [0.1, 0.15) is 0 Å². The van der Waals surface area contributed by atoms with Crippen LogP contribution in [0.15, 0.2) is 76.7 Å². The summed E-state index contributed by atoms with van der Waals surface area (Å²) in [5, 5.41) is 7.35. The zero-order valence-corrected chi connectivity index (χ0v) is 18.0. The Labute approximate surface area is 183 Å². The first kappa shape index (κ1) is 19.5. The highest BCUT2D eigenvalue weighted by Crippen LogP contribution is 2.39. The number of hydrogen-bond donors (Lipinski definition) is 1. The second-order valence-electron chi connectivity index (χ2n) is 7.33. The van der Waals surface area contributed by atoms with Crippen molar-refractivity contribution in [3.05, 3.63) is 82.6 Å². The molecule has 1 atom stereocenters. The average molecular weight is 430 g/mol. The molecule has 1 N–H and O–H groups in total. The lowest BCUT2D eigenvalue weighted by molar-refractivity contribution is -0.762. The fourth-order valence-corrected chi connectivity index (χ4v) is 4.62. The van der Waals surface area contributed by atoms with Gasteiger partial charge in [-0.2, -0.15) is 0 Å². The van der Waals surface area contributed by atoms with Crippen molar-refractivity contribution in [2.24, 2.45) is 0 Å². The molecular formula is C24H21N4O2S+. The first-order valence-electron chi connectivity index (χ1n) is 10.1. The van der Waals surface area contributed by atoms with Crippen LogP contribution in [0.1, 0.15) is 25.1 Å². The maximum absolute atomic E-state index is 13.3. The second kappa shape index (κ2) is 7.67. The number of carbonyl (C=O) groups excluding carboxylic acids is 1. The molecule has 0 spiro atoms. The third kappa shape index (κ3) is 3.04. The Morgan fingerprint density at radius 3 is 2.65 bits per heavy atom. The van der Waals surface area contributed by atoms with Gasteiger partial charge in [0.2, 0.25) is 11.1 Å². The van der Waals surface area contributed by atoms with Gasteiger partial charge < -0.3 is 0 Å². The number of para-hydroxylation sites is 1. The molecule has 6 nitrogen and oxygen atoms in total. The molecule has 154 valence electrons. The molecular weight excluding hydrogens is 408 g/mol. The highest BCUT2D eigenvalue weighted by atomic mass is 32.2. The summed E-state index contributed by atoms with van der Waals surface area (Å²) in [6.45, 7) is 1.85. The predicted octanol–water partition coefficient (Wildman–Crippen LogP) is 3.90. The van der Waals surface area contributed by atoms with Crippen LogP contribution in [-0.4, -0.2) is 22.2 Å². The Balaban J connectivity index is 1.91. The Morgan fingerprint density at radius 1 is 1.10 bits per heavy atom. The van der Waals surface area contributed by atoms with Crippen molar-refractivity contribution in [3.63, 3.8) is 0 Å². The zero-order chi connectivity index (χ0) is 21.5. The van der Waals surface area contributed by atoms with Crippen LogP contribution in [0.2, 0.25) is 0 Å². The molecule has 5 rings (SSSR count). The molecule has 1 aromatic heterocycles. The molecule has 31 heavy (non-hydrogen) atoms. The van der Waals surface area contributed by atoms with Crippen molar-refractivity contribution in [2.45, 2.75) is 24.7 Å². The molecule has 0 saturated carbocycles. The summed E-state index contributed by atoms with van der Waals surface area (Å²) < 4.78 is 1.71. The number of benzene rings is 3. The fourth-order valence-electron chi connectivity index (χ4n) is 4.26. The van der Waals surface area contributed by atoms with E-state index in [1.54, 1.807) is 9.58 Å². The molecule has 0 bridgehead atoms. The zero-order valence-electron chi connectivity index (χ0n) is 17.2. The lowest BCUT2D eigenvalue weighted by Gasteiger charge is -2.32. The number of aromatic amines is 1. The van der Waals surface area contributed by atoms with Crippen LogP contribution in [0.25, 0.3) is 22.0 Å². The first-order chi connectivity index (χ1) is 15.1. The van der Waals surface area contributed by atoms with E-state index in [0.717, 1.165) is 22.0 Å². The van der Waals surface area contributed by atoms with Gasteiger partial charge in [-0.3, -0.25) is 14.6 Å². The maximum atomic E-state index is 13.3. The number of amides is 1. The van der Waals surface area contributed by atoms with E-state index in [1.165, 1.54) is 11.8 Å². The third-order valence-corrected chi connectivity index (χ3v) is 6.19. The van der Waals surface area contributed by atoms with Crippen LogP contribution in [0.3, 0.4) is 0 Å².